The Balaban J connectivity index is 2.72. The van der Waals surface area contributed by atoms with Crippen LogP contribution in [0.15, 0.2) is 0 Å². The average Bonchev–Trinajstić information content (AvgIpc) is 2.32. The van der Waals surface area contributed by atoms with Crippen LogP contribution in [-0.4, -0.2) is 25.8 Å². The van der Waals surface area contributed by atoms with Gasteiger partial charge in [0, 0.05) is 6.61 Å². The average molecular weight is 158 g/mol. The Hall–Kier alpha value is -0.570. The van der Waals surface area contributed by atoms with Crippen LogP contribution in [0.2, 0.25) is 0 Å². The lowest BCUT2D eigenvalue weighted by atomic mass is 9.84. The van der Waals surface area contributed by atoms with E-state index in [-0.39, 0.29) is 12.1 Å². The van der Waals surface area contributed by atoms with Crippen molar-refractivity contribution in [1.29, 1.82) is 0 Å². The van der Waals surface area contributed by atoms with Gasteiger partial charge < -0.3 is 9.47 Å². The van der Waals surface area contributed by atoms with Gasteiger partial charge in [-0.1, -0.05) is 0 Å². The van der Waals surface area contributed by atoms with Gasteiger partial charge in [0.15, 0.2) is 0 Å². The SMILES string of the molecule is COC(=O)C1(C)CCOC1C. The molecule has 1 saturated heterocycles. The van der Waals surface area contributed by atoms with Gasteiger partial charge in [-0.25, -0.2) is 0 Å². The number of methoxy groups -OCH3 is 1. The van der Waals surface area contributed by atoms with Crippen LogP contribution in [0.4, 0.5) is 0 Å². The highest BCUT2D eigenvalue weighted by molar-refractivity contribution is 5.77. The van der Waals surface area contributed by atoms with E-state index < -0.39 is 5.41 Å². The largest absolute Gasteiger partial charge is 0.469 e. The molecule has 3 heteroatoms. The molecule has 0 radical (unpaired) electrons. The van der Waals surface area contributed by atoms with Crippen LogP contribution in [-0.2, 0) is 14.3 Å². The van der Waals surface area contributed by atoms with Gasteiger partial charge in [-0.3, -0.25) is 4.79 Å². The first-order valence-corrected chi connectivity index (χ1v) is 3.81. The molecular weight excluding hydrogens is 144 g/mol. The van der Waals surface area contributed by atoms with E-state index in [0.29, 0.717) is 6.61 Å². The van der Waals surface area contributed by atoms with Gasteiger partial charge in [-0.05, 0) is 20.3 Å². The van der Waals surface area contributed by atoms with Crippen LogP contribution in [0.3, 0.4) is 0 Å². The van der Waals surface area contributed by atoms with Gasteiger partial charge in [0.2, 0.25) is 0 Å². The minimum atomic E-state index is -0.422. The van der Waals surface area contributed by atoms with Crippen molar-refractivity contribution in [2.45, 2.75) is 26.4 Å². The summed E-state index contributed by atoms with van der Waals surface area (Å²) < 4.78 is 9.98. The van der Waals surface area contributed by atoms with Crippen molar-refractivity contribution in [3.8, 4) is 0 Å². The summed E-state index contributed by atoms with van der Waals surface area (Å²) in [6.07, 6.45) is 0.746. The number of rotatable bonds is 1. The lowest BCUT2D eigenvalue weighted by Gasteiger charge is -2.23. The van der Waals surface area contributed by atoms with Crippen LogP contribution in [0.1, 0.15) is 20.3 Å². The monoisotopic (exact) mass is 158 g/mol. The quantitative estimate of drug-likeness (QED) is 0.533. The van der Waals surface area contributed by atoms with Gasteiger partial charge in [0.1, 0.15) is 0 Å². The molecule has 1 heterocycles. The normalized spacial score (nSPS) is 37.2. The fourth-order valence-corrected chi connectivity index (χ4v) is 1.34. The Morgan fingerprint density at radius 1 is 1.73 bits per heavy atom. The highest BCUT2D eigenvalue weighted by Gasteiger charge is 2.44. The number of hydrogen-bond acceptors (Lipinski definition) is 3. The van der Waals surface area contributed by atoms with Gasteiger partial charge in [-0.2, -0.15) is 0 Å². The summed E-state index contributed by atoms with van der Waals surface area (Å²) in [6.45, 7) is 4.45. The fourth-order valence-electron chi connectivity index (χ4n) is 1.34. The fraction of sp³-hybridized carbons (Fsp3) is 0.875. The van der Waals surface area contributed by atoms with E-state index >= 15 is 0 Å². The Morgan fingerprint density at radius 2 is 2.36 bits per heavy atom. The van der Waals surface area contributed by atoms with E-state index in [1.807, 2.05) is 13.8 Å². The van der Waals surface area contributed by atoms with E-state index in [9.17, 15) is 4.79 Å². The molecule has 1 rings (SSSR count). The summed E-state index contributed by atoms with van der Waals surface area (Å²) >= 11 is 0. The molecule has 1 fully saturated rings. The summed E-state index contributed by atoms with van der Waals surface area (Å²) in [7, 11) is 1.42. The third-order valence-electron chi connectivity index (χ3n) is 2.54. The zero-order valence-electron chi connectivity index (χ0n) is 7.22. The third-order valence-corrected chi connectivity index (χ3v) is 2.54. The second-order valence-corrected chi connectivity index (χ2v) is 3.17. The van der Waals surface area contributed by atoms with E-state index in [2.05, 4.69) is 4.74 Å². The molecule has 64 valence electrons. The maximum Gasteiger partial charge on any atom is 0.314 e. The summed E-state index contributed by atoms with van der Waals surface area (Å²) in [5, 5.41) is 0. The Kier molecular flexibility index (Phi) is 2.18. The highest BCUT2D eigenvalue weighted by atomic mass is 16.5. The van der Waals surface area contributed by atoms with Crippen LogP contribution in [0.5, 0.6) is 0 Å². The standard InChI is InChI=1S/C8H14O3/c1-6-8(2,4-5-11-6)7(9)10-3/h6H,4-5H2,1-3H3. The molecule has 0 N–H and O–H groups in total. The van der Waals surface area contributed by atoms with E-state index in [1.165, 1.54) is 7.11 Å². The predicted octanol–water partition coefficient (Wildman–Crippen LogP) is 0.974. The molecule has 0 bridgehead atoms. The zero-order valence-corrected chi connectivity index (χ0v) is 7.22. The first-order chi connectivity index (χ1) is 5.11. The van der Waals surface area contributed by atoms with Crippen molar-refractivity contribution in [1.82, 2.24) is 0 Å². The lowest BCUT2D eigenvalue weighted by Crippen LogP contribution is -2.35. The van der Waals surface area contributed by atoms with Crippen LogP contribution >= 0.6 is 0 Å². The van der Waals surface area contributed by atoms with E-state index in [1.54, 1.807) is 0 Å². The lowest BCUT2D eigenvalue weighted by molar-refractivity contribution is -0.154. The summed E-state index contributed by atoms with van der Waals surface area (Å²) in [4.78, 5) is 11.2. The van der Waals surface area contributed by atoms with Crippen molar-refractivity contribution >= 4 is 5.97 Å². The van der Waals surface area contributed by atoms with Crippen molar-refractivity contribution in [2.75, 3.05) is 13.7 Å². The second-order valence-electron chi connectivity index (χ2n) is 3.17. The topological polar surface area (TPSA) is 35.5 Å². The number of hydrogen-bond donors (Lipinski definition) is 0. The van der Waals surface area contributed by atoms with Gasteiger partial charge in [0.05, 0.1) is 18.6 Å². The van der Waals surface area contributed by atoms with Gasteiger partial charge in [-0.15, -0.1) is 0 Å². The number of ether oxygens (including phenoxy) is 2. The molecule has 0 aromatic rings. The van der Waals surface area contributed by atoms with Gasteiger partial charge in [0.25, 0.3) is 0 Å². The minimum absolute atomic E-state index is 0.0186. The number of carbonyl (C=O) groups is 1. The Bertz CT molecular complexity index is 167. The molecule has 3 nitrogen and oxygen atoms in total. The minimum Gasteiger partial charge on any atom is -0.469 e. The van der Waals surface area contributed by atoms with Crippen LogP contribution < -0.4 is 0 Å². The molecule has 0 spiro atoms. The molecular formula is C8H14O3. The molecule has 0 saturated carbocycles. The number of carbonyl (C=O) groups excluding carboxylic acids is 1. The molecule has 0 aliphatic carbocycles. The molecule has 2 atom stereocenters. The molecule has 0 amide bonds. The summed E-state index contributed by atoms with van der Waals surface area (Å²) in [5.74, 6) is -0.164. The molecule has 0 aromatic heterocycles. The van der Waals surface area contributed by atoms with Crippen molar-refractivity contribution in [2.24, 2.45) is 5.41 Å². The van der Waals surface area contributed by atoms with Crippen molar-refractivity contribution in [3.05, 3.63) is 0 Å². The van der Waals surface area contributed by atoms with Crippen molar-refractivity contribution < 1.29 is 14.3 Å². The predicted molar refractivity (Wildman–Crippen MR) is 40.2 cm³/mol. The molecule has 2 unspecified atom stereocenters. The third kappa shape index (κ3) is 1.25. The van der Waals surface area contributed by atoms with Gasteiger partial charge >= 0.3 is 5.97 Å². The first kappa shape index (κ1) is 8.53. The zero-order chi connectivity index (χ0) is 8.48. The van der Waals surface area contributed by atoms with Crippen LogP contribution in [0, 0.1) is 5.41 Å². The van der Waals surface area contributed by atoms with E-state index in [4.69, 9.17) is 4.74 Å². The Morgan fingerprint density at radius 3 is 2.73 bits per heavy atom. The molecule has 1 aliphatic rings. The molecule has 11 heavy (non-hydrogen) atoms. The summed E-state index contributed by atoms with van der Waals surface area (Å²) in [6, 6.07) is 0. The molecule has 1 aliphatic heterocycles. The highest BCUT2D eigenvalue weighted by Crippen LogP contribution is 2.35. The smallest absolute Gasteiger partial charge is 0.314 e. The maximum absolute atomic E-state index is 11.2. The maximum atomic E-state index is 11.2. The Labute approximate surface area is 66.7 Å². The van der Waals surface area contributed by atoms with Crippen molar-refractivity contribution in [3.63, 3.8) is 0 Å². The number of esters is 1. The van der Waals surface area contributed by atoms with Crippen LogP contribution in [0.25, 0.3) is 0 Å². The first-order valence-electron chi connectivity index (χ1n) is 3.81. The van der Waals surface area contributed by atoms with E-state index in [0.717, 1.165) is 6.42 Å². The second kappa shape index (κ2) is 2.81. The summed E-state index contributed by atoms with van der Waals surface area (Å²) in [5.41, 5.74) is -0.422. The molecule has 0 aromatic carbocycles.